The van der Waals surface area contributed by atoms with Gasteiger partial charge < -0.3 is 9.32 Å². The van der Waals surface area contributed by atoms with Crippen molar-refractivity contribution >= 4 is 49.8 Å². The molecule has 0 aliphatic heterocycles. The van der Waals surface area contributed by atoms with Gasteiger partial charge in [-0.25, -0.2) is 0 Å². The summed E-state index contributed by atoms with van der Waals surface area (Å²) in [5.74, 6) is 0. The molecule has 0 radical (unpaired) electrons. The lowest BCUT2D eigenvalue weighted by Gasteiger charge is -2.35. The highest BCUT2D eigenvalue weighted by atomic mass is 16.3. The molecule has 286 valence electrons. The van der Waals surface area contributed by atoms with Crippen molar-refractivity contribution in [2.24, 2.45) is 0 Å². The molecule has 0 unspecified atom stereocenters. The number of rotatable bonds is 7. The van der Waals surface area contributed by atoms with Crippen LogP contribution in [0.1, 0.15) is 22.3 Å². The topological polar surface area (TPSA) is 16.4 Å². The van der Waals surface area contributed by atoms with Crippen molar-refractivity contribution in [3.8, 4) is 33.4 Å². The van der Waals surface area contributed by atoms with Crippen molar-refractivity contribution < 1.29 is 4.42 Å². The molecule has 1 aliphatic rings. The first-order valence-corrected chi connectivity index (χ1v) is 21.0. The summed E-state index contributed by atoms with van der Waals surface area (Å²) in [7, 11) is 0. The second-order valence-electron chi connectivity index (χ2n) is 16.0. The molecule has 11 aromatic rings. The van der Waals surface area contributed by atoms with Gasteiger partial charge in [-0.2, -0.15) is 0 Å². The number of furan rings is 1. The fourth-order valence-corrected chi connectivity index (χ4v) is 10.1. The van der Waals surface area contributed by atoms with E-state index in [4.69, 9.17) is 4.42 Å². The third-order valence-electron chi connectivity index (χ3n) is 12.7. The Kier molecular flexibility index (Phi) is 8.11. The van der Waals surface area contributed by atoms with Crippen molar-refractivity contribution in [3.63, 3.8) is 0 Å². The van der Waals surface area contributed by atoms with Crippen molar-refractivity contribution in [1.29, 1.82) is 0 Å². The average Bonchev–Trinajstić information content (AvgIpc) is 3.86. The first kappa shape index (κ1) is 35.0. The van der Waals surface area contributed by atoms with E-state index in [1.807, 2.05) is 0 Å². The largest absolute Gasteiger partial charge is 0.456 e. The Bertz CT molecular complexity index is 3350. The predicted octanol–water partition coefficient (Wildman–Crippen LogP) is 15.9. The Hall–Kier alpha value is -7.94. The lowest BCUT2D eigenvalue weighted by atomic mass is 9.67. The first-order valence-electron chi connectivity index (χ1n) is 21.0. The fraction of sp³-hybridized carbons (Fsp3) is 0.0169. The molecule has 0 spiro atoms. The van der Waals surface area contributed by atoms with Crippen molar-refractivity contribution in [2.75, 3.05) is 4.90 Å². The summed E-state index contributed by atoms with van der Waals surface area (Å²) in [4.78, 5) is 2.41. The van der Waals surface area contributed by atoms with Gasteiger partial charge in [-0.05, 0) is 115 Å². The van der Waals surface area contributed by atoms with Crippen molar-refractivity contribution in [1.82, 2.24) is 0 Å². The van der Waals surface area contributed by atoms with Crippen LogP contribution in [0.2, 0.25) is 0 Å². The molecular formula is C59H39NO. The van der Waals surface area contributed by atoms with Crippen LogP contribution in [0.15, 0.2) is 241 Å². The molecule has 0 amide bonds. The minimum atomic E-state index is -0.520. The van der Waals surface area contributed by atoms with E-state index in [1.165, 1.54) is 66.4 Å². The number of benzene rings is 10. The maximum Gasteiger partial charge on any atom is 0.136 e. The Morgan fingerprint density at radius 3 is 1.54 bits per heavy atom. The molecule has 0 saturated carbocycles. The van der Waals surface area contributed by atoms with Gasteiger partial charge in [0.2, 0.25) is 0 Å². The van der Waals surface area contributed by atoms with Crippen LogP contribution < -0.4 is 4.90 Å². The van der Waals surface area contributed by atoms with Crippen LogP contribution in [0, 0.1) is 0 Å². The van der Waals surface area contributed by atoms with Crippen LogP contribution in [-0.2, 0) is 5.41 Å². The molecule has 0 saturated heterocycles. The predicted molar refractivity (Wildman–Crippen MR) is 254 cm³/mol. The number of hydrogen-bond donors (Lipinski definition) is 0. The monoisotopic (exact) mass is 777 g/mol. The zero-order valence-corrected chi connectivity index (χ0v) is 33.4. The maximum absolute atomic E-state index is 6.74. The third kappa shape index (κ3) is 5.50. The van der Waals surface area contributed by atoms with Crippen molar-refractivity contribution in [2.45, 2.75) is 5.41 Å². The number of anilines is 3. The van der Waals surface area contributed by atoms with Crippen LogP contribution >= 0.6 is 0 Å². The minimum absolute atomic E-state index is 0.520. The highest BCUT2D eigenvalue weighted by Gasteiger charge is 2.46. The summed E-state index contributed by atoms with van der Waals surface area (Å²) >= 11 is 0. The molecule has 10 aromatic carbocycles. The Balaban J connectivity index is 1.10. The quantitative estimate of drug-likeness (QED) is 0.160. The Morgan fingerprint density at radius 1 is 0.311 bits per heavy atom. The normalized spacial score (nSPS) is 12.7. The molecule has 0 atom stereocenters. The van der Waals surface area contributed by atoms with E-state index in [-0.39, 0.29) is 0 Å². The van der Waals surface area contributed by atoms with E-state index < -0.39 is 5.41 Å². The fourth-order valence-electron chi connectivity index (χ4n) is 10.1. The molecular weight excluding hydrogens is 739 g/mol. The SMILES string of the molecule is c1ccc(-c2ccc(N(c3ccc4c(c3)C(c3ccccc3)(c3ccccc3)c3ccccc3-4)c3ccc4oc5cc(-c6ccccc6)c6ccccc6c5c4c3)cc2)cc1. The average molecular weight is 778 g/mol. The van der Waals surface area contributed by atoms with Crippen LogP contribution in [-0.4, -0.2) is 0 Å². The Morgan fingerprint density at radius 2 is 0.836 bits per heavy atom. The van der Waals surface area contributed by atoms with Crippen LogP contribution in [0.25, 0.3) is 66.1 Å². The summed E-state index contributed by atoms with van der Waals surface area (Å²) in [6.07, 6.45) is 0. The van der Waals surface area contributed by atoms with Crippen LogP contribution in [0.5, 0.6) is 0 Å². The van der Waals surface area contributed by atoms with Crippen molar-refractivity contribution in [3.05, 3.63) is 259 Å². The molecule has 0 bridgehead atoms. The number of fused-ring (bicyclic) bond motifs is 8. The molecule has 2 heteroatoms. The second-order valence-corrected chi connectivity index (χ2v) is 16.0. The van der Waals surface area contributed by atoms with Gasteiger partial charge in [0.25, 0.3) is 0 Å². The lowest BCUT2D eigenvalue weighted by molar-refractivity contribution is 0.669. The minimum Gasteiger partial charge on any atom is -0.456 e. The summed E-state index contributed by atoms with van der Waals surface area (Å²) in [6, 6.07) is 85.9. The van der Waals surface area contributed by atoms with Gasteiger partial charge in [-0.15, -0.1) is 0 Å². The van der Waals surface area contributed by atoms with E-state index in [1.54, 1.807) is 0 Å². The van der Waals surface area contributed by atoms with Gasteiger partial charge in [0.05, 0.1) is 5.41 Å². The lowest BCUT2D eigenvalue weighted by Crippen LogP contribution is -2.28. The van der Waals surface area contributed by atoms with Gasteiger partial charge in [0.15, 0.2) is 0 Å². The maximum atomic E-state index is 6.74. The molecule has 2 nitrogen and oxygen atoms in total. The van der Waals surface area contributed by atoms with Gasteiger partial charge >= 0.3 is 0 Å². The Labute approximate surface area is 355 Å². The highest BCUT2D eigenvalue weighted by molar-refractivity contribution is 6.22. The molecule has 1 heterocycles. The zero-order chi connectivity index (χ0) is 40.3. The molecule has 61 heavy (non-hydrogen) atoms. The molecule has 1 aliphatic carbocycles. The molecule has 0 fully saturated rings. The summed E-state index contributed by atoms with van der Waals surface area (Å²) in [5, 5.41) is 4.60. The van der Waals surface area contributed by atoms with E-state index >= 15 is 0 Å². The second kappa shape index (κ2) is 14.1. The van der Waals surface area contributed by atoms with E-state index in [9.17, 15) is 0 Å². The molecule has 12 rings (SSSR count). The van der Waals surface area contributed by atoms with Gasteiger partial charge in [-0.3, -0.25) is 0 Å². The summed E-state index contributed by atoms with van der Waals surface area (Å²) in [5.41, 5.74) is 16.7. The van der Waals surface area contributed by atoms with Crippen LogP contribution in [0.3, 0.4) is 0 Å². The van der Waals surface area contributed by atoms with Gasteiger partial charge in [0, 0.05) is 27.8 Å². The van der Waals surface area contributed by atoms with Crippen LogP contribution in [0.4, 0.5) is 17.1 Å². The zero-order valence-electron chi connectivity index (χ0n) is 33.4. The molecule has 0 N–H and O–H groups in total. The summed E-state index contributed by atoms with van der Waals surface area (Å²) < 4.78 is 6.74. The van der Waals surface area contributed by atoms with E-state index in [0.29, 0.717) is 0 Å². The third-order valence-corrected chi connectivity index (χ3v) is 12.7. The summed E-state index contributed by atoms with van der Waals surface area (Å²) in [6.45, 7) is 0. The van der Waals surface area contributed by atoms with E-state index in [0.717, 1.165) is 39.0 Å². The molecule has 1 aromatic heterocycles. The van der Waals surface area contributed by atoms with E-state index in [2.05, 4.69) is 241 Å². The standard InChI is InChI=1S/C59H39NO/c1-5-17-40(18-6-1)41-29-31-45(32-30-41)60(46-34-36-56-53(37-46)58-51-27-14-13-25-48(51)52(39-57(58)61-56)42-19-7-2-8-20-42)47-33-35-50-49-26-15-16-28-54(49)59(55(50)38-47,43-21-9-3-10-22-43)44-23-11-4-12-24-44/h1-39H. The highest BCUT2D eigenvalue weighted by Crippen LogP contribution is 2.57. The first-order chi connectivity index (χ1) is 30.3. The van der Waals surface area contributed by atoms with Gasteiger partial charge in [-0.1, -0.05) is 188 Å². The number of hydrogen-bond acceptors (Lipinski definition) is 2. The smallest absolute Gasteiger partial charge is 0.136 e. The van der Waals surface area contributed by atoms with Gasteiger partial charge in [0.1, 0.15) is 11.2 Å². The number of nitrogens with zero attached hydrogens (tertiary/aromatic N) is 1.